The van der Waals surface area contributed by atoms with Crippen molar-refractivity contribution in [2.24, 2.45) is 0 Å². The molecule has 0 aromatic carbocycles. The van der Waals surface area contributed by atoms with Gasteiger partial charge in [0.25, 0.3) is 0 Å². The van der Waals surface area contributed by atoms with Gasteiger partial charge in [-0.1, -0.05) is 6.07 Å². The molecule has 1 aliphatic heterocycles. The Kier molecular flexibility index (Phi) is 5.32. The van der Waals surface area contributed by atoms with Crippen molar-refractivity contribution in [3.05, 3.63) is 22.4 Å². The minimum atomic E-state index is 0.0792. The number of ether oxygens (including phenoxy) is 2. The monoisotopic (exact) mass is 240 g/mol. The second-order valence-corrected chi connectivity index (χ2v) is 5.24. The van der Waals surface area contributed by atoms with Crippen molar-refractivity contribution in [3.8, 4) is 0 Å². The maximum atomic E-state index is 5.68. The third-order valence-corrected chi connectivity index (χ3v) is 3.78. The van der Waals surface area contributed by atoms with Crippen LogP contribution in [0.4, 0.5) is 0 Å². The zero-order chi connectivity index (χ0) is 11.1. The van der Waals surface area contributed by atoms with Crippen molar-refractivity contribution in [1.82, 2.24) is 0 Å². The Labute approximate surface area is 102 Å². The molecule has 0 saturated carbocycles. The number of hydrogen-bond donors (Lipinski definition) is 0. The Balaban J connectivity index is 1.48. The normalized spacial score (nSPS) is 21.1. The van der Waals surface area contributed by atoms with Crippen LogP contribution in [0.5, 0.6) is 0 Å². The van der Waals surface area contributed by atoms with Gasteiger partial charge in [-0.15, -0.1) is 11.3 Å². The van der Waals surface area contributed by atoms with Gasteiger partial charge in [-0.05, 0) is 50.0 Å². The first-order valence-electron chi connectivity index (χ1n) is 6.21. The molecule has 1 aliphatic rings. The Morgan fingerprint density at radius 3 is 3.12 bits per heavy atom. The molecule has 1 saturated heterocycles. The molecule has 3 heteroatoms. The van der Waals surface area contributed by atoms with Crippen LogP contribution >= 0.6 is 11.3 Å². The van der Waals surface area contributed by atoms with Crippen molar-refractivity contribution in [2.75, 3.05) is 13.2 Å². The van der Waals surface area contributed by atoms with Gasteiger partial charge in [0.15, 0.2) is 6.29 Å². The lowest BCUT2D eigenvalue weighted by molar-refractivity contribution is -0.162. The Morgan fingerprint density at radius 2 is 2.38 bits per heavy atom. The molecular formula is C13H20O2S. The number of unbranched alkanes of at least 4 members (excludes halogenated alkanes) is 1. The summed E-state index contributed by atoms with van der Waals surface area (Å²) in [6, 6.07) is 4.32. The van der Waals surface area contributed by atoms with Crippen molar-refractivity contribution in [3.63, 3.8) is 0 Å². The van der Waals surface area contributed by atoms with Gasteiger partial charge < -0.3 is 9.47 Å². The average molecular weight is 240 g/mol. The molecule has 2 rings (SSSR count). The Bertz CT molecular complexity index is 265. The largest absolute Gasteiger partial charge is 0.353 e. The number of rotatable bonds is 6. The SMILES string of the molecule is c1csc(CCCCOC2CCCCO2)c1. The Hall–Kier alpha value is -0.380. The quantitative estimate of drug-likeness (QED) is 0.707. The summed E-state index contributed by atoms with van der Waals surface area (Å²) in [4.78, 5) is 1.48. The van der Waals surface area contributed by atoms with Gasteiger partial charge in [-0.3, -0.25) is 0 Å². The third kappa shape index (κ3) is 4.24. The second kappa shape index (κ2) is 7.05. The van der Waals surface area contributed by atoms with Gasteiger partial charge >= 0.3 is 0 Å². The molecule has 1 unspecified atom stereocenters. The second-order valence-electron chi connectivity index (χ2n) is 4.20. The molecule has 1 aromatic heterocycles. The maximum absolute atomic E-state index is 5.68. The van der Waals surface area contributed by atoms with Crippen molar-refractivity contribution in [2.45, 2.75) is 44.8 Å². The summed E-state index contributed by atoms with van der Waals surface area (Å²) in [5, 5.41) is 2.14. The molecule has 16 heavy (non-hydrogen) atoms. The van der Waals surface area contributed by atoms with Crippen molar-refractivity contribution < 1.29 is 9.47 Å². The van der Waals surface area contributed by atoms with Gasteiger partial charge in [-0.2, -0.15) is 0 Å². The van der Waals surface area contributed by atoms with E-state index in [1.54, 1.807) is 0 Å². The van der Waals surface area contributed by atoms with Crippen LogP contribution in [0.3, 0.4) is 0 Å². The van der Waals surface area contributed by atoms with E-state index in [2.05, 4.69) is 17.5 Å². The standard InChI is InChI=1S/C13H20O2S/c1(6-12-7-5-11-16-12)3-9-14-13-8-2-4-10-15-13/h5,7,11,13H,1-4,6,8-10H2. The molecular weight excluding hydrogens is 220 g/mol. The minimum Gasteiger partial charge on any atom is -0.353 e. The topological polar surface area (TPSA) is 18.5 Å². The molecule has 2 nitrogen and oxygen atoms in total. The van der Waals surface area contributed by atoms with Crippen LogP contribution < -0.4 is 0 Å². The highest BCUT2D eigenvalue weighted by molar-refractivity contribution is 7.09. The van der Waals surface area contributed by atoms with Crippen LogP contribution in [-0.2, 0) is 15.9 Å². The van der Waals surface area contributed by atoms with Crippen LogP contribution in [0, 0.1) is 0 Å². The van der Waals surface area contributed by atoms with Gasteiger partial charge in [0.1, 0.15) is 0 Å². The minimum absolute atomic E-state index is 0.0792. The lowest BCUT2D eigenvalue weighted by Gasteiger charge is -2.22. The van der Waals surface area contributed by atoms with E-state index in [1.807, 2.05) is 11.3 Å². The summed E-state index contributed by atoms with van der Waals surface area (Å²) < 4.78 is 11.2. The van der Waals surface area contributed by atoms with Crippen LogP contribution in [0.1, 0.15) is 37.0 Å². The predicted octanol–water partition coefficient (Wildman–Crippen LogP) is 3.61. The summed E-state index contributed by atoms with van der Waals surface area (Å²) in [6.45, 7) is 1.72. The highest BCUT2D eigenvalue weighted by Crippen LogP contribution is 2.15. The van der Waals surface area contributed by atoms with E-state index in [0.717, 1.165) is 26.1 Å². The fourth-order valence-corrected chi connectivity index (χ4v) is 2.66. The molecule has 1 aromatic rings. The molecule has 2 heterocycles. The highest BCUT2D eigenvalue weighted by Gasteiger charge is 2.13. The molecule has 1 atom stereocenters. The average Bonchev–Trinajstić information content (AvgIpc) is 2.83. The van der Waals surface area contributed by atoms with E-state index in [4.69, 9.17) is 9.47 Å². The molecule has 0 aliphatic carbocycles. The van der Waals surface area contributed by atoms with Gasteiger partial charge in [0.05, 0.1) is 0 Å². The summed E-state index contributed by atoms with van der Waals surface area (Å²) in [6.07, 6.45) is 7.14. The summed E-state index contributed by atoms with van der Waals surface area (Å²) in [5.41, 5.74) is 0. The first-order valence-corrected chi connectivity index (χ1v) is 7.09. The first-order chi connectivity index (χ1) is 7.95. The predicted molar refractivity (Wildman–Crippen MR) is 66.8 cm³/mol. The third-order valence-electron chi connectivity index (χ3n) is 2.84. The van der Waals surface area contributed by atoms with E-state index in [0.29, 0.717) is 0 Å². The summed E-state index contributed by atoms with van der Waals surface area (Å²) in [7, 11) is 0. The highest BCUT2D eigenvalue weighted by atomic mass is 32.1. The van der Waals surface area contributed by atoms with Gasteiger partial charge in [-0.25, -0.2) is 0 Å². The molecule has 0 spiro atoms. The van der Waals surface area contributed by atoms with Crippen molar-refractivity contribution in [1.29, 1.82) is 0 Å². The molecule has 90 valence electrons. The number of hydrogen-bond acceptors (Lipinski definition) is 3. The molecule has 1 fully saturated rings. The van der Waals surface area contributed by atoms with Crippen LogP contribution in [0.2, 0.25) is 0 Å². The summed E-state index contributed by atoms with van der Waals surface area (Å²) in [5.74, 6) is 0. The van der Waals surface area contributed by atoms with Crippen LogP contribution in [0.25, 0.3) is 0 Å². The zero-order valence-corrected chi connectivity index (χ0v) is 10.5. The summed E-state index contributed by atoms with van der Waals surface area (Å²) >= 11 is 1.84. The molecule has 0 N–H and O–H groups in total. The van der Waals surface area contributed by atoms with E-state index in [-0.39, 0.29) is 6.29 Å². The van der Waals surface area contributed by atoms with E-state index in [1.165, 1.54) is 30.6 Å². The zero-order valence-electron chi connectivity index (χ0n) is 9.69. The Morgan fingerprint density at radius 1 is 1.38 bits per heavy atom. The van der Waals surface area contributed by atoms with Gasteiger partial charge in [0.2, 0.25) is 0 Å². The number of aryl methyl sites for hydroxylation is 1. The van der Waals surface area contributed by atoms with Gasteiger partial charge in [0, 0.05) is 18.1 Å². The maximum Gasteiger partial charge on any atom is 0.157 e. The lowest BCUT2D eigenvalue weighted by Crippen LogP contribution is -2.22. The molecule has 0 radical (unpaired) electrons. The first kappa shape index (κ1) is 12.1. The lowest BCUT2D eigenvalue weighted by atomic mass is 10.2. The molecule has 0 bridgehead atoms. The van der Waals surface area contributed by atoms with Crippen LogP contribution in [0.15, 0.2) is 17.5 Å². The fourth-order valence-electron chi connectivity index (χ4n) is 1.91. The smallest absolute Gasteiger partial charge is 0.157 e. The van der Waals surface area contributed by atoms with E-state index in [9.17, 15) is 0 Å². The fraction of sp³-hybridized carbons (Fsp3) is 0.692. The van der Waals surface area contributed by atoms with E-state index >= 15 is 0 Å². The molecule has 0 amide bonds. The number of thiophene rings is 1. The van der Waals surface area contributed by atoms with Crippen LogP contribution in [-0.4, -0.2) is 19.5 Å². The van der Waals surface area contributed by atoms with Crippen molar-refractivity contribution >= 4 is 11.3 Å². The van der Waals surface area contributed by atoms with E-state index < -0.39 is 0 Å².